The molecule has 1 rings (SSSR count). The minimum atomic E-state index is -0.260. The Bertz CT molecular complexity index is 245. The fourth-order valence-corrected chi connectivity index (χ4v) is 1.85. The first-order valence-corrected chi connectivity index (χ1v) is 5.22. The van der Waals surface area contributed by atoms with Gasteiger partial charge < -0.3 is 5.73 Å². The largest absolute Gasteiger partial charge is 0.328 e. The Hall–Kier alpha value is -0.430. The van der Waals surface area contributed by atoms with E-state index < -0.39 is 0 Å². The van der Waals surface area contributed by atoms with Gasteiger partial charge in [0.15, 0.2) is 0 Å². The third-order valence-corrected chi connectivity index (χ3v) is 2.78. The number of carbonyl (C=O) groups is 2. The summed E-state index contributed by atoms with van der Waals surface area (Å²) in [4.78, 5) is 23.7. The van der Waals surface area contributed by atoms with Crippen LogP contribution >= 0.6 is 22.6 Å². The SMILES string of the molecule is CC(I)C(CN)N1C(=O)C=CC1=O. The maximum absolute atomic E-state index is 11.2. The lowest BCUT2D eigenvalue weighted by atomic mass is 10.2. The molecule has 2 amide bonds. The first-order valence-electron chi connectivity index (χ1n) is 3.97. The van der Waals surface area contributed by atoms with E-state index in [0.717, 1.165) is 0 Å². The Balaban J connectivity index is 2.81. The van der Waals surface area contributed by atoms with Crippen LogP contribution in [0, 0.1) is 0 Å². The van der Waals surface area contributed by atoms with E-state index in [-0.39, 0.29) is 21.8 Å². The molecule has 2 atom stereocenters. The average Bonchev–Trinajstić information content (AvgIpc) is 2.36. The summed E-state index contributed by atoms with van der Waals surface area (Å²) in [6.07, 6.45) is 2.56. The number of imide groups is 1. The predicted molar refractivity (Wildman–Crippen MR) is 57.3 cm³/mol. The Morgan fingerprint density at radius 1 is 1.46 bits per heavy atom. The normalized spacial score (nSPS) is 21.0. The molecule has 0 saturated heterocycles. The first-order chi connectivity index (χ1) is 6.07. The second-order valence-electron chi connectivity index (χ2n) is 2.86. The molecule has 2 unspecified atom stereocenters. The fourth-order valence-electron chi connectivity index (χ4n) is 1.24. The van der Waals surface area contributed by atoms with Crippen molar-refractivity contribution < 1.29 is 9.59 Å². The second kappa shape index (κ2) is 4.19. The van der Waals surface area contributed by atoms with Gasteiger partial charge in [-0.25, -0.2) is 0 Å². The van der Waals surface area contributed by atoms with Crippen molar-refractivity contribution in [2.75, 3.05) is 6.54 Å². The second-order valence-corrected chi connectivity index (χ2v) is 4.83. The molecule has 0 fully saturated rings. The van der Waals surface area contributed by atoms with Crippen molar-refractivity contribution in [2.45, 2.75) is 16.9 Å². The monoisotopic (exact) mass is 294 g/mol. The number of nitrogens with zero attached hydrogens (tertiary/aromatic N) is 1. The highest BCUT2D eigenvalue weighted by Gasteiger charge is 2.32. The van der Waals surface area contributed by atoms with E-state index in [1.165, 1.54) is 17.1 Å². The minimum absolute atomic E-state index is 0.162. The molecule has 0 bridgehead atoms. The molecule has 0 saturated carbocycles. The number of halogens is 1. The molecule has 0 aromatic carbocycles. The molecule has 1 aliphatic rings. The zero-order valence-corrected chi connectivity index (χ0v) is 9.39. The molecule has 5 heteroatoms. The van der Waals surface area contributed by atoms with Crippen molar-refractivity contribution in [2.24, 2.45) is 5.73 Å². The van der Waals surface area contributed by atoms with Crippen LogP contribution in [0.1, 0.15) is 6.92 Å². The van der Waals surface area contributed by atoms with E-state index in [1.807, 2.05) is 6.92 Å². The maximum atomic E-state index is 11.2. The van der Waals surface area contributed by atoms with E-state index in [2.05, 4.69) is 22.6 Å². The number of carbonyl (C=O) groups excluding carboxylic acids is 2. The first kappa shape index (κ1) is 10.6. The van der Waals surface area contributed by atoms with Crippen LogP contribution in [0.15, 0.2) is 12.2 Å². The van der Waals surface area contributed by atoms with Gasteiger partial charge in [0, 0.05) is 22.6 Å². The maximum Gasteiger partial charge on any atom is 0.253 e. The van der Waals surface area contributed by atoms with Crippen LogP contribution in [0.4, 0.5) is 0 Å². The fraction of sp³-hybridized carbons (Fsp3) is 0.500. The van der Waals surface area contributed by atoms with Crippen LogP contribution in [-0.4, -0.2) is 33.2 Å². The van der Waals surface area contributed by atoms with E-state index in [9.17, 15) is 9.59 Å². The zero-order valence-electron chi connectivity index (χ0n) is 7.24. The summed E-state index contributed by atoms with van der Waals surface area (Å²) in [7, 11) is 0. The van der Waals surface area contributed by atoms with Gasteiger partial charge in [0.1, 0.15) is 0 Å². The Morgan fingerprint density at radius 2 is 1.92 bits per heavy atom. The van der Waals surface area contributed by atoms with Crippen LogP contribution in [0.25, 0.3) is 0 Å². The summed E-state index contributed by atoms with van der Waals surface area (Å²) >= 11 is 2.16. The van der Waals surface area contributed by atoms with E-state index in [4.69, 9.17) is 5.73 Å². The van der Waals surface area contributed by atoms with E-state index in [1.54, 1.807) is 0 Å². The highest BCUT2D eigenvalue weighted by Crippen LogP contribution is 2.16. The molecular formula is C8H11IN2O2. The highest BCUT2D eigenvalue weighted by atomic mass is 127. The lowest BCUT2D eigenvalue weighted by molar-refractivity contribution is -0.139. The van der Waals surface area contributed by atoms with Gasteiger partial charge in [0.2, 0.25) is 0 Å². The lowest BCUT2D eigenvalue weighted by Gasteiger charge is -2.26. The van der Waals surface area contributed by atoms with Crippen LogP contribution in [0.2, 0.25) is 0 Å². The Kier molecular flexibility index (Phi) is 3.43. The molecule has 0 aromatic heterocycles. The van der Waals surface area contributed by atoms with Crippen molar-refractivity contribution in [1.82, 2.24) is 4.90 Å². The molecule has 13 heavy (non-hydrogen) atoms. The van der Waals surface area contributed by atoms with Gasteiger partial charge in [-0.15, -0.1) is 0 Å². The highest BCUT2D eigenvalue weighted by molar-refractivity contribution is 14.1. The van der Waals surface area contributed by atoms with Gasteiger partial charge >= 0.3 is 0 Å². The number of hydrogen-bond acceptors (Lipinski definition) is 3. The van der Waals surface area contributed by atoms with Crippen molar-refractivity contribution in [1.29, 1.82) is 0 Å². The van der Waals surface area contributed by atoms with Crippen LogP contribution in [0.3, 0.4) is 0 Å². The summed E-state index contributed by atoms with van der Waals surface area (Å²) < 4.78 is 0.162. The van der Waals surface area contributed by atoms with Gasteiger partial charge in [-0.2, -0.15) is 0 Å². The van der Waals surface area contributed by atoms with Gasteiger partial charge in [0.25, 0.3) is 11.8 Å². The van der Waals surface area contributed by atoms with E-state index >= 15 is 0 Å². The molecule has 0 radical (unpaired) electrons. The molecule has 1 aliphatic heterocycles. The molecule has 2 N–H and O–H groups in total. The van der Waals surface area contributed by atoms with Crippen LogP contribution in [0.5, 0.6) is 0 Å². The van der Waals surface area contributed by atoms with Crippen LogP contribution in [-0.2, 0) is 9.59 Å². The molecule has 1 heterocycles. The zero-order chi connectivity index (χ0) is 10.0. The summed E-state index contributed by atoms with van der Waals surface area (Å²) in [5.41, 5.74) is 5.50. The number of amides is 2. The van der Waals surface area contributed by atoms with Crippen LogP contribution < -0.4 is 5.73 Å². The van der Waals surface area contributed by atoms with E-state index in [0.29, 0.717) is 6.54 Å². The number of alkyl halides is 1. The Morgan fingerprint density at radius 3 is 2.23 bits per heavy atom. The molecule has 0 spiro atoms. The van der Waals surface area contributed by atoms with Crippen molar-refractivity contribution in [3.05, 3.63) is 12.2 Å². The lowest BCUT2D eigenvalue weighted by Crippen LogP contribution is -2.48. The summed E-state index contributed by atoms with van der Waals surface area (Å²) in [6.45, 7) is 2.24. The number of hydrogen-bond donors (Lipinski definition) is 1. The third-order valence-electron chi connectivity index (χ3n) is 1.95. The molecule has 4 nitrogen and oxygen atoms in total. The standard InChI is InChI=1S/C8H11IN2O2/c1-5(9)6(4-10)11-7(12)2-3-8(11)13/h2-3,5-6H,4,10H2,1H3. The molecular weight excluding hydrogens is 283 g/mol. The third kappa shape index (κ3) is 2.08. The Labute approximate surface area is 90.3 Å². The van der Waals surface area contributed by atoms with Gasteiger partial charge in [-0.1, -0.05) is 29.5 Å². The van der Waals surface area contributed by atoms with Crippen molar-refractivity contribution >= 4 is 34.4 Å². The minimum Gasteiger partial charge on any atom is -0.328 e. The molecule has 0 aliphatic carbocycles. The summed E-state index contributed by atoms with van der Waals surface area (Å²) in [6, 6.07) is -0.199. The summed E-state index contributed by atoms with van der Waals surface area (Å²) in [5.74, 6) is -0.520. The number of rotatable bonds is 3. The smallest absolute Gasteiger partial charge is 0.253 e. The quantitative estimate of drug-likeness (QED) is 0.455. The van der Waals surface area contributed by atoms with Gasteiger partial charge in [-0.3, -0.25) is 14.5 Å². The summed E-state index contributed by atoms with van der Waals surface area (Å²) in [5, 5.41) is 0. The number of nitrogens with two attached hydrogens (primary N) is 1. The van der Waals surface area contributed by atoms with Gasteiger partial charge in [-0.05, 0) is 0 Å². The van der Waals surface area contributed by atoms with Crippen molar-refractivity contribution in [3.8, 4) is 0 Å². The average molecular weight is 294 g/mol. The molecule has 72 valence electrons. The van der Waals surface area contributed by atoms with Crippen molar-refractivity contribution in [3.63, 3.8) is 0 Å². The predicted octanol–water partition coefficient (Wildman–Crippen LogP) is 0.0622. The van der Waals surface area contributed by atoms with Gasteiger partial charge in [0.05, 0.1) is 6.04 Å². The topological polar surface area (TPSA) is 63.4 Å². The molecule has 0 aromatic rings.